The topological polar surface area (TPSA) is 116 Å². The summed E-state index contributed by atoms with van der Waals surface area (Å²) in [6.07, 6.45) is -4.65. The minimum atomic E-state index is -1.57. The quantitative estimate of drug-likeness (QED) is 0.657. The number of carbonyl (C=O) groups is 2. The average molecular weight is 329 g/mol. The molecule has 0 heterocycles. The molecule has 0 radical (unpaired) electrons. The van der Waals surface area contributed by atoms with E-state index in [9.17, 15) is 24.2 Å². The van der Waals surface area contributed by atoms with Crippen LogP contribution in [0.5, 0.6) is 0 Å². The van der Waals surface area contributed by atoms with Crippen molar-refractivity contribution < 1.29 is 34.0 Å². The number of ether oxygens (including phenoxy) is 1. The molecular formula is C15H20FNO6. The summed E-state index contributed by atoms with van der Waals surface area (Å²) in [5.41, 5.74) is -0.911. The molecule has 1 aromatic carbocycles. The van der Waals surface area contributed by atoms with Crippen molar-refractivity contribution in [2.75, 3.05) is 5.32 Å². The number of hydrogen-bond acceptors (Lipinski definition) is 5. The largest absolute Gasteiger partial charge is 0.481 e. The van der Waals surface area contributed by atoms with Gasteiger partial charge in [0.2, 0.25) is 0 Å². The molecule has 1 amide bonds. The van der Waals surface area contributed by atoms with Crippen LogP contribution in [0, 0.1) is 5.82 Å². The van der Waals surface area contributed by atoms with E-state index in [4.69, 9.17) is 9.84 Å². The van der Waals surface area contributed by atoms with Crippen molar-refractivity contribution in [3.05, 3.63) is 29.6 Å². The monoisotopic (exact) mass is 329 g/mol. The molecule has 0 aromatic heterocycles. The molecule has 128 valence electrons. The van der Waals surface area contributed by atoms with Crippen molar-refractivity contribution in [1.82, 2.24) is 0 Å². The zero-order chi connectivity index (χ0) is 17.8. The smallest absolute Gasteiger partial charge is 0.412 e. The molecule has 0 spiro atoms. The van der Waals surface area contributed by atoms with Gasteiger partial charge in [0.1, 0.15) is 17.5 Å². The van der Waals surface area contributed by atoms with Crippen LogP contribution in [0.1, 0.15) is 38.9 Å². The summed E-state index contributed by atoms with van der Waals surface area (Å²) in [4.78, 5) is 22.1. The third-order valence-corrected chi connectivity index (χ3v) is 2.72. The molecule has 1 aromatic rings. The van der Waals surface area contributed by atoms with Crippen molar-refractivity contribution in [3.63, 3.8) is 0 Å². The number of amides is 1. The fourth-order valence-electron chi connectivity index (χ4n) is 1.74. The number of aliphatic carboxylic acids is 1. The van der Waals surface area contributed by atoms with Gasteiger partial charge in [0.05, 0.1) is 18.2 Å². The van der Waals surface area contributed by atoms with Crippen molar-refractivity contribution >= 4 is 17.7 Å². The SMILES string of the molecule is CC(C)(C)OC(=O)Nc1ccc(C(O)C(O)CC(=O)O)cc1F. The Kier molecular flexibility index (Phi) is 6.05. The summed E-state index contributed by atoms with van der Waals surface area (Å²) in [5, 5.41) is 30.1. The van der Waals surface area contributed by atoms with E-state index in [0.717, 1.165) is 6.07 Å². The maximum Gasteiger partial charge on any atom is 0.412 e. The van der Waals surface area contributed by atoms with E-state index in [0.29, 0.717) is 0 Å². The first-order chi connectivity index (χ1) is 10.5. The van der Waals surface area contributed by atoms with Gasteiger partial charge in [0.15, 0.2) is 0 Å². The first-order valence-corrected chi connectivity index (χ1v) is 6.87. The lowest BCUT2D eigenvalue weighted by atomic mass is 10.0. The number of benzene rings is 1. The van der Waals surface area contributed by atoms with E-state index in [1.54, 1.807) is 20.8 Å². The summed E-state index contributed by atoms with van der Waals surface area (Å²) < 4.78 is 18.9. The second-order valence-corrected chi connectivity index (χ2v) is 5.98. The molecule has 1 rings (SSSR count). The van der Waals surface area contributed by atoms with Crippen LogP contribution < -0.4 is 5.32 Å². The molecule has 0 aliphatic carbocycles. The standard InChI is InChI=1S/C15H20FNO6/c1-15(2,3)23-14(22)17-10-5-4-8(6-9(10)16)13(21)11(18)7-12(19)20/h4-6,11,13,18,21H,7H2,1-3H3,(H,17,22)(H,19,20). The first kappa shape index (κ1) is 18.9. The number of halogens is 1. The Morgan fingerprint density at radius 3 is 2.39 bits per heavy atom. The highest BCUT2D eigenvalue weighted by Gasteiger charge is 2.23. The molecule has 7 nitrogen and oxygen atoms in total. The van der Waals surface area contributed by atoms with E-state index in [1.807, 2.05) is 0 Å². The number of aliphatic hydroxyl groups excluding tert-OH is 2. The number of anilines is 1. The molecule has 0 aliphatic rings. The number of nitrogens with one attached hydrogen (secondary N) is 1. The van der Waals surface area contributed by atoms with Gasteiger partial charge in [-0.25, -0.2) is 9.18 Å². The highest BCUT2D eigenvalue weighted by atomic mass is 19.1. The Morgan fingerprint density at radius 1 is 1.30 bits per heavy atom. The van der Waals surface area contributed by atoms with Crippen LogP contribution in [0.4, 0.5) is 14.9 Å². The second-order valence-electron chi connectivity index (χ2n) is 5.98. The van der Waals surface area contributed by atoms with Gasteiger partial charge >= 0.3 is 12.1 Å². The van der Waals surface area contributed by atoms with Gasteiger partial charge in [-0.1, -0.05) is 6.07 Å². The van der Waals surface area contributed by atoms with Gasteiger partial charge in [-0.05, 0) is 38.5 Å². The summed E-state index contributed by atoms with van der Waals surface area (Å²) >= 11 is 0. The van der Waals surface area contributed by atoms with E-state index < -0.39 is 42.1 Å². The summed E-state index contributed by atoms with van der Waals surface area (Å²) in [7, 11) is 0. The van der Waals surface area contributed by atoms with E-state index in [2.05, 4.69) is 5.32 Å². The molecule has 0 saturated heterocycles. The van der Waals surface area contributed by atoms with Crippen molar-refractivity contribution in [2.24, 2.45) is 0 Å². The molecule has 0 aliphatic heterocycles. The number of rotatable bonds is 5. The summed E-state index contributed by atoms with van der Waals surface area (Å²) in [6.45, 7) is 4.98. The minimum absolute atomic E-state index is 0.00834. The summed E-state index contributed by atoms with van der Waals surface area (Å²) in [5.74, 6) is -2.14. The van der Waals surface area contributed by atoms with Crippen LogP contribution in [0.2, 0.25) is 0 Å². The van der Waals surface area contributed by atoms with E-state index in [1.165, 1.54) is 12.1 Å². The third kappa shape index (κ3) is 6.21. The Morgan fingerprint density at radius 2 is 1.91 bits per heavy atom. The van der Waals surface area contributed by atoms with Gasteiger partial charge in [-0.15, -0.1) is 0 Å². The second kappa shape index (κ2) is 7.38. The molecule has 0 fully saturated rings. The van der Waals surface area contributed by atoms with Gasteiger partial charge < -0.3 is 20.1 Å². The lowest BCUT2D eigenvalue weighted by molar-refractivity contribution is -0.141. The third-order valence-electron chi connectivity index (χ3n) is 2.72. The Bertz CT molecular complexity index is 584. The van der Waals surface area contributed by atoms with Crippen molar-refractivity contribution in [2.45, 2.75) is 45.0 Å². The highest BCUT2D eigenvalue weighted by Crippen LogP contribution is 2.24. The maximum atomic E-state index is 14.0. The number of carbonyl (C=O) groups excluding carboxylic acids is 1. The number of hydrogen-bond donors (Lipinski definition) is 4. The zero-order valence-corrected chi connectivity index (χ0v) is 13.0. The fraction of sp³-hybridized carbons (Fsp3) is 0.467. The number of aliphatic hydroxyl groups is 2. The minimum Gasteiger partial charge on any atom is -0.481 e. The predicted molar refractivity (Wildman–Crippen MR) is 79.5 cm³/mol. The van der Waals surface area contributed by atoms with Gasteiger partial charge in [-0.2, -0.15) is 0 Å². The first-order valence-electron chi connectivity index (χ1n) is 6.87. The molecule has 2 unspecified atom stereocenters. The molecule has 0 bridgehead atoms. The lowest BCUT2D eigenvalue weighted by Gasteiger charge is -2.20. The lowest BCUT2D eigenvalue weighted by Crippen LogP contribution is -2.27. The molecule has 23 heavy (non-hydrogen) atoms. The Balaban J connectivity index is 2.82. The molecule has 8 heteroatoms. The summed E-state index contributed by atoms with van der Waals surface area (Å²) in [6, 6.07) is 3.36. The predicted octanol–water partition coefficient (Wildman–Crippen LogP) is 2.04. The van der Waals surface area contributed by atoms with Crippen molar-refractivity contribution in [1.29, 1.82) is 0 Å². The van der Waals surface area contributed by atoms with Crippen LogP contribution in [0.3, 0.4) is 0 Å². The fourth-order valence-corrected chi connectivity index (χ4v) is 1.74. The molecule has 2 atom stereocenters. The van der Waals surface area contributed by atoms with Crippen LogP contribution in [0.15, 0.2) is 18.2 Å². The van der Waals surface area contributed by atoms with Crippen LogP contribution in [0.25, 0.3) is 0 Å². The maximum absolute atomic E-state index is 14.0. The average Bonchev–Trinajstić information content (AvgIpc) is 2.37. The number of carboxylic acid groups (broad SMARTS) is 1. The normalized spacial score (nSPS) is 14.0. The Labute approximate surface area is 132 Å². The van der Waals surface area contributed by atoms with Gasteiger partial charge in [0, 0.05) is 0 Å². The van der Waals surface area contributed by atoms with E-state index in [-0.39, 0.29) is 11.3 Å². The molecule has 0 saturated carbocycles. The van der Waals surface area contributed by atoms with Gasteiger partial charge in [-0.3, -0.25) is 10.1 Å². The highest BCUT2D eigenvalue weighted by molar-refractivity contribution is 5.85. The molecular weight excluding hydrogens is 309 g/mol. The Hall–Kier alpha value is -2.19. The zero-order valence-electron chi connectivity index (χ0n) is 13.0. The van der Waals surface area contributed by atoms with Crippen molar-refractivity contribution in [3.8, 4) is 0 Å². The van der Waals surface area contributed by atoms with Crippen LogP contribution >= 0.6 is 0 Å². The van der Waals surface area contributed by atoms with E-state index >= 15 is 0 Å². The van der Waals surface area contributed by atoms with Gasteiger partial charge in [0.25, 0.3) is 0 Å². The van der Waals surface area contributed by atoms with Crippen LogP contribution in [-0.2, 0) is 9.53 Å². The number of carboxylic acids is 1. The molecule has 4 N–H and O–H groups in total. The van der Waals surface area contributed by atoms with Crippen LogP contribution in [-0.4, -0.2) is 39.1 Å².